The van der Waals surface area contributed by atoms with E-state index in [0.29, 0.717) is 24.2 Å². The van der Waals surface area contributed by atoms with E-state index in [1.807, 2.05) is 4.90 Å². The number of benzene rings is 2. The molecule has 3 rings (SSSR count). The van der Waals surface area contributed by atoms with Crippen LogP contribution in [0.5, 0.6) is 0 Å². The lowest BCUT2D eigenvalue weighted by molar-refractivity contribution is -0.195. The van der Waals surface area contributed by atoms with E-state index >= 15 is 0 Å². The molecule has 0 aliphatic carbocycles. The summed E-state index contributed by atoms with van der Waals surface area (Å²) in [5.74, 6) is -2.60. The van der Waals surface area contributed by atoms with Crippen molar-refractivity contribution in [2.24, 2.45) is 0 Å². The van der Waals surface area contributed by atoms with Gasteiger partial charge in [-0.05, 0) is 42.3 Å². The van der Waals surface area contributed by atoms with E-state index in [0.717, 1.165) is 0 Å². The van der Waals surface area contributed by atoms with Crippen LogP contribution in [0.4, 0.5) is 8.78 Å². The summed E-state index contributed by atoms with van der Waals surface area (Å²) in [5.41, 5.74) is 0.465. The maximum absolute atomic E-state index is 13.5. The molecule has 2 N–H and O–H groups in total. The number of nitrogens with zero attached hydrogens (tertiary/aromatic N) is 1. The molecule has 1 fully saturated rings. The zero-order chi connectivity index (χ0) is 19.7. The normalized spacial score (nSPS) is 17.7. The van der Waals surface area contributed by atoms with Crippen LogP contribution >= 0.6 is 0 Å². The van der Waals surface area contributed by atoms with E-state index in [1.165, 1.54) is 31.2 Å². The van der Waals surface area contributed by atoms with Gasteiger partial charge in [0.1, 0.15) is 17.4 Å². The van der Waals surface area contributed by atoms with Gasteiger partial charge >= 0.3 is 0 Å². The van der Waals surface area contributed by atoms with Crippen molar-refractivity contribution in [1.82, 2.24) is 4.90 Å². The summed E-state index contributed by atoms with van der Waals surface area (Å²) in [5, 5.41) is 19.8. The molecule has 0 atom stereocenters. The number of aliphatic hydroxyl groups is 2. The molecule has 144 valence electrons. The molecule has 4 nitrogen and oxygen atoms in total. The van der Waals surface area contributed by atoms with Crippen molar-refractivity contribution in [3.8, 4) is 0 Å². The van der Waals surface area contributed by atoms with Crippen LogP contribution in [0.1, 0.15) is 37.3 Å². The van der Waals surface area contributed by atoms with Gasteiger partial charge < -0.3 is 10.2 Å². The highest BCUT2D eigenvalue weighted by Crippen LogP contribution is 2.42. The van der Waals surface area contributed by atoms with Crippen LogP contribution in [0.25, 0.3) is 0 Å². The van der Waals surface area contributed by atoms with Crippen molar-refractivity contribution in [2.75, 3.05) is 13.1 Å². The fourth-order valence-electron chi connectivity index (χ4n) is 3.91. The Hall–Kier alpha value is -2.15. The highest BCUT2D eigenvalue weighted by molar-refractivity contribution is 5.78. The fourth-order valence-corrected chi connectivity index (χ4v) is 3.91. The molecule has 0 aromatic heterocycles. The molecule has 0 radical (unpaired) electrons. The fraction of sp³-hybridized carbons (Fsp3) is 0.381. The first-order chi connectivity index (χ1) is 12.7. The smallest absolute Gasteiger partial charge is 0.164 e. The molecule has 1 saturated heterocycles. The molecule has 2 aromatic carbocycles. The largest absolute Gasteiger partial charge is 0.366 e. The first kappa shape index (κ1) is 19.6. The first-order valence-corrected chi connectivity index (χ1v) is 8.94. The van der Waals surface area contributed by atoms with Crippen LogP contribution in [0, 0.1) is 11.6 Å². The third-order valence-electron chi connectivity index (χ3n) is 5.25. The number of likely N-dealkylation sites (tertiary alicyclic amines) is 1. The van der Waals surface area contributed by atoms with E-state index in [4.69, 9.17) is 0 Å². The van der Waals surface area contributed by atoms with Crippen LogP contribution in [-0.4, -0.2) is 39.8 Å². The van der Waals surface area contributed by atoms with E-state index in [9.17, 15) is 23.8 Å². The molecule has 27 heavy (non-hydrogen) atoms. The Morgan fingerprint density at radius 2 is 1.37 bits per heavy atom. The molecule has 0 unspecified atom stereocenters. The molecule has 6 heteroatoms. The lowest BCUT2D eigenvalue weighted by Crippen LogP contribution is -2.55. The molecule has 0 spiro atoms. The van der Waals surface area contributed by atoms with Crippen LogP contribution < -0.4 is 0 Å². The zero-order valence-corrected chi connectivity index (χ0v) is 15.2. The zero-order valence-electron chi connectivity index (χ0n) is 15.2. The van der Waals surface area contributed by atoms with Gasteiger partial charge in [-0.15, -0.1) is 0 Å². The van der Waals surface area contributed by atoms with Gasteiger partial charge in [-0.25, -0.2) is 8.78 Å². The average molecular weight is 375 g/mol. The lowest BCUT2D eigenvalue weighted by atomic mass is 9.76. The van der Waals surface area contributed by atoms with Crippen molar-refractivity contribution < 1.29 is 23.8 Å². The second-order valence-electron chi connectivity index (χ2n) is 7.22. The average Bonchev–Trinajstić information content (AvgIpc) is 2.61. The Morgan fingerprint density at radius 3 is 1.74 bits per heavy atom. The van der Waals surface area contributed by atoms with Crippen molar-refractivity contribution in [3.05, 3.63) is 71.3 Å². The summed E-state index contributed by atoms with van der Waals surface area (Å²) in [4.78, 5) is 14.2. The number of hydrogen-bond acceptors (Lipinski definition) is 4. The number of carbonyl (C=O) groups excluding carboxylic acids is 1. The second-order valence-corrected chi connectivity index (χ2v) is 7.22. The maximum Gasteiger partial charge on any atom is 0.164 e. The van der Waals surface area contributed by atoms with Gasteiger partial charge in [0.2, 0.25) is 0 Å². The van der Waals surface area contributed by atoms with E-state index < -0.39 is 23.0 Å². The van der Waals surface area contributed by atoms with E-state index in [1.54, 1.807) is 24.3 Å². The summed E-state index contributed by atoms with van der Waals surface area (Å²) in [6.45, 7) is 2.14. The molecule has 0 bridgehead atoms. The van der Waals surface area contributed by atoms with Gasteiger partial charge in [-0.3, -0.25) is 9.69 Å². The van der Waals surface area contributed by atoms with E-state index in [-0.39, 0.29) is 25.0 Å². The topological polar surface area (TPSA) is 60.8 Å². The maximum atomic E-state index is 13.5. The number of piperidine rings is 1. The van der Waals surface area contributed by atoms with Gasteiger partial charge in [0.25, 0.3) is 0 Å². The van der Waals surface area contributed by atoms with Crippen molar-refractivity contribution in [3.63, 3.8) is 0 Å². The van der Waals surface area contributed by atoms with Gasteiger partial charge in [0.15, 0.2) is 5.79 Å². The van der Waals surface area contributed by atoms with Crippen LogP contribution in [0.3, 0.4) is 0 Å². The number of carbonyl (C=O) groups is 1. The summed E-state index contributed by atoms with van der Waals surface area (Å²) < 4.78 is 27.1. The first-order valence-electron chi connectivity index (χ1n) is 8.94. The molecular weight excluding hydrogens is 352 g/mol. The van der Waals surface area contributed by atoms with Gasteiger partial charge in [0, 0.05) is 32.4 Å². The van der Waals surface area contributed by atoms with Gasteiger partial charge in [-0.1, -0.05) is 24.3 Å². The van der Waals surface area contributed by atoms with Crippen molar-refractivity contribution >= 4 is 5.78 Å². The molecule has 1 aliphatic rings. The van der Waals surface area contributed by atoms with Crippen LogP contribution in [0.2, 0.25) is 0 Å². The monoisotopic (exact) mass is 375 g/mol. The number of hydrogen-bond donors (Lipinski definition) is 2. The Morgan fingerprint density at radius 1 is 0.963 bits per heavy atom. The molecule has 0 amide bonds. The Labute approximate surface area is 157 Å². The van der Waals surface area contributed by atoms with Gasteiger partial charge in [0.05, 0.1) is 5.54 Å². The molecule has 2 aromatic rings. The summed E-state index contributed by atoms with van der Waals surface area (Å²) in [7, 11) is 0. The lowest BCUT2D eigenvalue weighted by Gasteiger charge is -2.48. The minimum atomic E-state index is -1.75. The SMILES string of the molecule is CC(=O)CC(c1ccc(F)cc1)(c1ccc(F)cc1)N1CCC(O)(O)CC1. The van der Waals surface area contributed by atoms with E-state index in [2.05, 4.69) is 0 Å². The summed E-state index contributed by atoms with van der Waals surface area (Å²) in [6, 6.07) is 11.8. The highest BCUT2D eigenvalue weighted by Gasteiger charge is 2.44. The Bertz CT molecular complexity index is 748. The standard InChI is InChI=1S/C21H23F2NO3/c1-15(25)14-21(16-2-6-18(22)7-3-16,17-4-8-19(23)9-5-17)24-12-10-20(26,27)11-13-24/h2-9,26-27H,10-14H2,1H3. The van der Waals surface area contributed by atoms with Crippen molar-refractivity contribution in [1.29, 1.82) is 0 Å². The number of Topliss-reactive ketones (excluding diaryl/α,β-unsaturated/α-hetero) is 1. The second kappa shape index (κ2) is 7.46. The van der Waals surface area contributed by atoms with Crippen molar-refractivity contribution in [2.45, 2.75) is 37.5 Å². The number of ketones is 1. The van der Waals surface area contributed by atoms with Gasteiger partial charge in [-0.2, -0.15) is 0 Å². The molecule has 1 heterocycles. The molecular formula is C21H23F2NO3. The minimum absolute atomic E-state index is 0.0755. The predicted octanol–water partition coefficient (Wildman–Crippen LogP) is 2.96. The third-order valence-corrected chi connectivity index (χ3v) is 5.25. The Balaban J connectivity index is 2.16. The van der Waals surface area contributed by atoms with Crippen LogP contribution in [-0.2, 0) is 10.3 Å². The summed E-state index contributed by atoms with van der Waals surface area (Å²) >= 11 is 0. The van der Waals surface area contributed by atoms with Crippen LogP contribution in [0.15, 0.2) is 48.5 Å². The number of halogens is 2. The quantitative estimate of drug-likeness (QED) is 0.789. The Kier molecular flexibility index (Phi) is 5.42. The molecule has 0 saturated carbocycles. The third kappa shape index (κ3) is 4.08. The predicted molar refractivity (Wildman–Crippen MR) is 96.9 cm³/mol. The highest BCUT2D eigenvalue weighted by atomic mass is 19.1. The summed E-state index contributed by atoms with van der Waals surface area (Å²) in [6.07, 6.45) is 0.345. The minimum Gasteiger partial charge on any atom is -0.366 e. The molecule has 1 aliphatic heterocycles. The number of rotatable bonds is 5.